The molecule has 1 aromatic heterocycles. The first-order valence-corrected chi connectivity index (χ1v) is 5.81. The number of hydrogen-bond acceptors (Lipinski definition) is 4. The number of halogens is 2. The van der Waals surface area contributed by atoms with Crippen LogP contribution in [0.1, 0.15) is 18.2 Å². The zero-order chi connectivity index (χ0) is 13.8. The van der Waals surface area contributed by atoms with E-state index in [9.17, 15) is 8.78 Å². The van der Waals surface area contributed by atoms with Crippen LogP contribution in [-0.2, 0) is 13.0 Å². The lowest BCUT2D eigenvalue weighted by Gasteiger charge is -2.08. The first kappa shape index (κ1) is 13.4. The highest BCUT2D eigenvalue weighted by Crippen LogP contribution is 2.26. The minimum Gasteiger partial charge on any atom is -0.433 e. The van der Waals surface area contributed by atoms with Crippen LogP contribution in [0.2, 0.25) is 0 Å². The van der Waals surface area contributed by atoms with Crippen molar-refractivity contribution in [2.24, 2.45) is 5.73 Å². The monoisotopic (exact) mass is 265 g/mol. The van der Waals surface area contributed by atoms with Crippen LogP contribution < -0.4 is 10.5 Å². The fourth-order valence-corrected chi connectivity index (χ4v) is 1.56. The molecule has 0 aliphatic carbocycles. The molecule has 0 aliphatic rings. The molecule has 6 heteroatoms. The van der Waals surface area contributed by atoms with Crippen molar-refractivity contribution in [1.29, 1.82) is 0 Å². The molecule has 0 unspecified atom stereocenters. The number of hydrogen-bond donors (Lipinski definition) is 1. The van der Waals surface area contributed by atoms with Crippen molar-refractivity contribution in [1.82, 2.24) is 9.97 Å². The van der Waals surface area contributed by atoms with Gasteiger partial charge in [-0.1, -0.05) is 13.0 Å². The van der Waals surface area contributed by atoms with Gasteiger partial charge in [-0.15, -0.1) is 0 Å². The van der Waals surface area contributed by atoms with Gasteiger partial charge in [0.05, 0.1) is 5.69 Å². The number of rotatable bonds is 4. The number of aromatic nitrogens is 2. The lowest BCUT2D eigenvalue weighted by Crippen LogP contribution is -2.01. The number of benzene rings is 1. The van der Waals surface area contributed by atoms with E-state index < -0.39 is 11.6 Å². The zero-order valence-electron chi connectivity index (χ0n) is 10.4. The van der Waals surface area contributed by atoms with Crippen molar-refractivity contribution >= 4 is 0 Å². The molecule has 19 heavy (non-hydrogen) atoms. The average molecular weight is 265 g/mol. The van der Waals surface area contributed by atoms with Gasteiger partial charge in [0.15, 0.2) is 11.6 Å². The van der Waals surface area contributed by atoms with Gasteiger partial charge in [-0.25, -0.2) is 9.37 Å². The van der Waals surface area contributed by atoms with Gasteiger partial charge >= 0.3 is 0 Å². The highest BCUT2D eigenvalue weighted by atomic mass is 19.1. The molecular formula is C13H13F2N3O. The van der Waals surface area contributed by atoms with Crippen LogP contribution in [0.4, 0.5) is 8.78 Å². The molecule has 2 aromatic rings. The van der Waals surface area contributed by atoms with E-state index in [0.717, 1.165) is 0 Å². The van der Waals surface area contributed by atoms with E-state index in [1.807, 2.05) is 0 Å². The molecule has 0 amide bonds. The van der Waals surface area contributed by atoms with Crippen LogP contribution in [0, 0.1) is 11.6 Å². The van der Waals surface area contributed by atoms with Crippen molar-refractivity contribution in [2.45, 2.75) is 19.9 Å². The van der Waals surface area contributed by atoms with E-state index in [1.165, 1.54) is 18.5 Å². The third-order valence-corrected chi connectivity index (χ3v) is 2.60. The second-order valence-electron chi connectivity index (χ2n) is 3.86. The predicted molar refractivity (Wildman–Crippen MR) is 65.7 cm³/mol. The van der Waals surface area contributed by atoms with Crippen LogP contribution in [0.15, 0.2) is 24.5 Å². The summed E-state index contributed by atoms with van der Waals surface area (Å²) in [5.74, 6) is -1.67. The summed E-state index contributed by atoms with van der Waals surface area (Å²) in [7, 11) is 0. The Labute approximate surface area is 109 Å². The maximum Gasteiger partial charge on any atom is 0.259 e. The summed E-state index contributed by atoms with van der Waals surface area (Å²) in [6, 6.07) is 4.25. The van der Waals surface area contributed by atoms with E-state index >= 15 is 0 Å². The zero-order valence-corrected chi connectivity index (χ0v) is 10.4. The summed E-state index contributed by atoms with van der Waals surface area (Å²) in [6.45, 7) is 1.98. The van der Waals surface area contributed by atoms with Gasteiger partial charge in [0, 0.05) is 6.54 Å². The molecular weight excluding hydrogens is 252 g/mol. The van der Waals surface area contributed by atoms with Crippen LogP contribution in [-0.4, -0.2) is 9.97 Å². The lowest BCUT2D eigenvalue weighted by molar-refractivity contribution is 0.392. The Hall–Kier alpha value is -2.08. The first-order chi connectivity index (χ1) is 9.15. The highest BCUT2D eigenvalue weighted by molar-refractivity contribution is 5.33. The molecule has 0 aliphatic heterocycles. The number of aryl methyl sites for hydroxylation is 1. The van der Waals surface area contributed by atoms with Crippen molar-refractivity contribution in [3.8, 4) is 11.6 Å². The van der Waals surface area contributed by atoms with Gasteiger partial charge in [-0.2, -0.15) is 9.37 Å². The molecule has 0 fully saturated rings. The molecule has 2 N–H and O–H groups in total. The molecule has 1 aromatic carbocycles. The van der Waals surface area contributed by atoms with Gasteiger partial charge in [0.2, 0.25) is 5.82 Å². The third kappa shape index (κ3) is 2.85. The predicted octanol–water partition coefficient (Wildman–Crippen LogP) is 2.57. The van der Waals surface area contributed by atoms with Crippen molar-refractivity contribution in [2.75, 3.05) is 0 Å². The van der Waals surface area contributed by atoms with Crippen molar-refractivity contribution in [3.05, 3.63) is 47.4 Å². The molecule has 100 valence electrons. The van der Waals surface area contributed by atoms with E-state index in [1.54, 1.807) is 13.0 Å². The van der Waals surface area contributed by atoms with Crippen LogP contribution >= 0.6 is 0 Å². The number of nitrogens with two attached hydrogens (primary N) is 1. The maximum atomic E-state index is 13.8. The number of ether oxygens (including phenoxy) is 1. The Balaban J connectivity index is 2.31. The summed E-state index contributed by atoms with van der Waals surface area (Å²) >= 11 is 0. The number of nitrogens with zero attached hydrogens (tertiary/aromatic N) is 2. The Morgan fingerprint density at radius 3 is 2.68 bits per heavy atom. The smallest absolute Gasteiger partial charge is 0.259 e. The molecule has 2 rings (SSSR count). The van der Waals surface area contributed by atoms with E-state index in [-0.39, 0.29) is 23.9 Å². The fourth-order valence-electron chi connectivity index (χ4n) is 1.56. The molecule has 0 bridgehead atoms. The van der Waals surface area contributed by atoms with E-state index in [4.69, 9.17) is 10.5 Å². The fraction of sp³-hybridized carbons (Fsp3) is 0.231. The van der Waals surface area contributed by atoms with Crippen molar-refractivity contribution in [3.63, 3.8) is 0 Å². The highest BCUT2D eigenvalue weighted by Gasteiger charge is 2.14. The molecule has 0 atom stereocenters. The van der Waals surface area contributed by atoms with Crippen LogP contribution in [0.25, 0.3) is 0 Å². The van der Waals surface area contributed by atoms with Crippen molar-refractivity contribution < 1.29 is 13.5 Å². The van der Waals surface area contributed by atoms with E-state index in [0.29, 0.717) is 12.0 Å². The van der Waals surface area contributed by atoms with Gasteiger partial charge in [0.25, 0.3) is 5.88 Å². The minimum absolute atomic E-state index is 0.100. The summed E-state index contributed by atoms with van der Waals surface area (Å²) in [5, 5.41) is 0. The SMILES string of the molecule is CCc1ncnc(Oc2ccc(CN)cc2F)c1F. The Kier molecular flexibility index (Phi) is 4.01. The normalized spacial score (nSPS) is 10.5. The average Bonchev–Trinajstić information content (AvgIpc) is 2.43. The maximum absolute atomic E-state index is 13.8. The molecule has 4 nitrogen and oxygen atoms in total. The van der Waals surface area contributed by atoms with Gasteiger partial charge in [-0.3, -0.25) is 0 Å². The standard InChI is InChI=1S/C13H13F2N3O/c1-2-10-12(15)13(18-7-17-10)19-11-4-3-8(6-16)5-9(11)14/h3-5,7H,2,6,16H2,1H3. The van der Waals surface area contributed by atoms with E-state index in [2.05, 4.69) is 9.97 Å². The summed E-state index contributed by atoms with van der Waals surface area (Å²) in [4.78, 5) is 7.44. The molecule has 0 saturated heterocycles. The molecule has 0 saturated carbocycles. The Morgan fingerprint density at radius 2 is 2.05 bits per heavy atom. The third-order valence-electron chi connectivity index (χ3n) is 2.60. The second-order valence-corrected chi connectivity index (χ2v) is 3.86. The second kappa shape index (κ2) is 5.71. The quantitative estimate of drug-likeness (QED) is 0.923. The van der Waals surface area contributed by atoms with Gasteiger partial charge in [-0.05, 0) is 24.1 Å². The summed E-state index contributed by atoms with van der Waals surface area (Å²) in [5.41, 5.74) is 6.25. The molecule has 1 heterocycles. The summed E-state index contributed by atoms with van der Waals surface area (Å²) in [6.07, 6.45) is 1.59. The topological polar surface area (TPSA) is 61.0 Å². The lowest BCUT2D eigenvalue weighted by atomic mass is 10.2. The largest absolute Gasteiger partial charge is 0.433 e. The Bertz CT molecular complexity index is 590. The van der Waals surface area contributed by atoms with Gasteiger partial charge < -0.3 is 10.5 Å². The minimum atomic E-state index is -0.674. The van der Waals surface area contributed by atoms with Gasteiger partial charge in [0.1, 0.15) is 6.33 Å². The molecule has 0 spiro atoms. The first-order valence-electron chi connectivity index (χ1n) is 5.81. The van der Waals surface area contributed by atoms with Crippen LogP contribution in [0.5, 0.6) is 11.6 Å². The summed E-state index contributed by atoms with van der Waals surface area (Å²) < 4.78 is 32.7. The molecule has 0 radical (unpaired) electrons. The Morgan fingerprint density at radius 1 is 1.26 bits per heavy atom. The van der Waals surface area contributed by atoms with Crippen LogP contribution in [0.3, 0.4) is 0 Å².